The van der Waals surface area contributed by atoms with Crippen LogP contribution in [0.3, 0.4) is 0 Å². The SMILES string of the molecule is NN(C(=O)[C@H]1O[C@@H]1C(=O)N(Cc1ccccc1)c1ccccc1)c1ccccc1Cl. The normalized spacial score (nSPS) is 17.3. The van der Waals surface area contributed by atoms with Crippen LogP contribution in [-0.2, 0) is 20.9 Å². The molecule has 6 nitrogen and oxygen atoms in total. The quantitative estimate of drug-likeness (QED) is 0.286. The second kappa shape index (κ2) is 8.67. The van der Waals surface area contributed by atoms with Crippen molar-refractivity contribution in [1.82, 2.24) is 0 Å². The van der Waals surface area contributed by atoms with Crippen LogP contribution in [0, 0.1) is 0 Å². The van der Waals surface area contributed by atoms with Crippen molar-refractivity contribution in [3.8, 4) is 0 Å². The molecule has 3 aromatic carbocycles. The number of ether oxygens (including phenoxy) is 1. The molecule has 1 fully saturated rings. The molecule has 4 rings (SSSR count). The lowest BCUT2D eigenvalue weighted by molar-refractivity contribution is -0.121. The number of halogens is 1. The molecule has 0 aromatic heterocycles. The van der Waals surface area contributed by atoms with Crippen LogP contribution >= 0.6 is 11.6 Å². The molecule has 1 aliphatic heterocycles. The van der Waals surface area contributed by atoms with E-state index in [9.17, 15) is 9.59 Å². The molecular weight excluding hydrogens is 402 g/mol. The van der Waals surface area contributed by atoms with E-state index in [4.69, 9.17) is 22.2 Å². The summed E-state index contributed by atoms with van der Waals surface area (Å²) in [5.41, 5.74) is 2.05. The Bertz CT molecular complexity index is 1050. The second-order valence-corrected chi connectivity index (χ2v) is 7.29. The van der Waals surface area contributed by atoms with E-state index in [1.54, 1.807) is 29.2 Å². The van der Waals surface area contributed by atoms with Crippen molar-refractivity contribution in [2.45, 2.75) is 18.8 Å². The summed E-state index contributed by atoms with van der Waals surface area (Å²) in [4.78, 5) is 27.6. The Labute approximate surface area is 179 Å². The molecule has 7 heteroatoms. The van der Waals surface area contributed by atoms with Crippen molar-refractivity contribution >= 4 is 34.8 Å². The number of hydrogen-bond donors (Lipinski definition) is 1. The molecule has 1 heterocycles. The molecule has 0 aliphatic carbocycles. The van der Waals surface area contributed by atoms with E-state index >= 15 is 0 Å². The molecule has 0 bridgehead atoms. The molecule has 2 N–H and O–H groups in total. The Morgan fingerprint density at radius 3 is 2.07 bits per heavy atom. The maximum absolute atomic E-state index is 13.2. The minimum Gasteiger partial charge on any atom is -0.349 e. The van der Waals surface area contributed by atoms with Crippen LogP contribution in [0.2, 0.25) is 5.02 Å². The fraction of sp³-hybridized carbons (Fsp3) is 0.130. The summed E-state index contributed by atoms with van der Waals surface area (Å²) in [7, 11) is 0. The van der Waals surface area contributed by atoms with Gasteiger partial charge in [0, 0.05) is 5.69 Å². The molecule has 2 atom stereocenters. The van der Waals surface area contributed by atoms with Crippen molar-refractivity contribution in [2.75, 3.05) is 9.91 Å². The molecule has 1 saturated heterocycles. The highest BCUT2D eigenvalue weighted by Gasteiger charge is 2.53. The standard InChI is InChI=1S/C23H20ClN3O3/c24-18-13-7-8-14-19(18)27(25)23(29)21-20(30-21)22(28)26(17-11-5-2-6-12-17)15-16-9-3-1-4-10-16/h1-14,20-21H,15,25H2/t20-,21-/m0/s1. The smallest absolute Gasteiger partial charge is 0.273 e. The number of para-hydroxylation sites is 2. The van der Waals surface area contributed by atoms with Crippen molar-refractivity contribution < 1.29 is 14.3 Å². The van der Waals surface area contributed by atoms with Gasteiger partial charge >= 0.3 is 0 Å². The van der Waals surface area contributed by atoms with Gasteiger partial charge in [-0.25, -0.2) is 10.9 Å². The number of hydrogen-bond acceptors (Lipinski definition) is 4. The Balaban J connectivity index is 1.52. The van der Waals surface area contributed by atoms with Crippen LogP contribution in [0.1, 0.15) is 5.56 Å². The van der Waals surface area contributed by atoms with E-state index in [1.807, 2.05) is 60.7 Å². The van der Waals surface area contributed by atoms with Crippen LogP contribution in [0.25, 0.3) is 0 Å². The van der Waals surface area contributed by atoms with Crippen molar-refractivity contribution in [1.29, 1.82) is 0 Å². The highest BCUT2D eigenvalue weighted by Crippen LogP contribution is 2.31. The largest absolute Gasteiger partial charge is 0.349 e. The Kier molecular flexibility index (Phi) is 5.81. The van der Waals surface area contributed by atoms with Gasteiger partial charge in [0.25, 0.3) is 11.8 Å². The fourth-order valence-electron chi connectivity index (χ4n) is 3.21. The zero-order valence-electron chi connectivity index (χ0n) is 16.0. The number of carbonyl (C=O) groups is 2. The molecule has 3 aromatic rings. The first-order valence-electron chi connectivity index (χ1n) is 9.45. The molecule has 30 heavy (non-hydrogen) atoms. The summed E-state index contributed by atoms with van der Waals surface area (Å²) in [5, 5.41) is 1.27. The van der Waals surface area contributed by atoms with Gasteiger partial charge < -0.3 is 9.64 Å². The number of carbonyl (C=O) groups excluding carboxylic acids is 2. The predicted molar refractivity (Wildman–Crippen MR) is 116 cm³/mol. The minimum atomic E-state index is -0.944. The van der Waals surface area contributed by atoms with E-state index in [-0.39, 0.29) is 5.91 Å². The number of nitrogens with zero attached hydrogens (tertiary/aromatic N) is 2. The number of rotatable bonds is 6. The molecular formula is C23H20ClN3O3. The van der Waals surface area contributed by atoms with Crippen LogP contribution in [0.5, 0.6) is 0 Å². The summed E-state index contributed by atoms with van der Waals surface area (Å²) in [6, 6.07) is 25.7. The summed E-state index contributed by atoms with van der Waals surface area (Å²) < 4.78 is 5.46. The van der Waals surface area contributed by atoms with Crippen molar-refractivity contribution in [2.24, 2.45) is 5.84 Å². The predicted octanol–water partition coefficient (Wildman–Crippen LogP) is 3.55. The molecule has 0 radical (unpaired) electrons. The van der Waals surface area contributed by atoms with Gasteiger partial charge in [0.15, 0.2) is 12.2 Å². The average molecular weight is 422 g/mol. The second-order valence-electron chi connectivity index (χ2n) is 6.88. The molecule has 152 valence electrons. The van der Waals surface area contributed by atoms with E-state index < -0.39 is 18.1 Å². The van der Waals surface area contributed by atoms with Gasteiger partial charge in [-0.2, -0.15) is 0 Å². The summed E-state index contributed by atoms with van der Waals surface area (Å²) in [6.07, 6.45) is -1.84. The Morgan fingerprint density at radius 1 is 0.833 bits per heavy atom. The van der Waals surface area contributed by atoms with Gasteiger partial charge in [0.2, 0.25) is 0 Å². The maximum atomic E-state index is 13.2. The van der Waals surface area contributed by atoms with Crippen LogP contribution in [0.15, 0.2) is 84.9 Å². The number of benzene rings is 3. The first-order valence-corrected chi connectivity index (χ1v) is 9.83. The topological polar surface area (TPSA) is 79.2 Å². The molecule has 0 spiro atoms. The molecule has 0 saturated carbocycles. The van der Waals surface area contributed by atoms with Gasteiger partial charge in [-0.3, -0.25) is 9.59 Å². The number of anilines is 2. The van der Waals surface area contributed by atoms with E-state index in [0.717, 1.165) is 16.3 Å². The first kappa shape index (κ1) is 20.1. The lowest BCUT2D eigenvalue weighted by Gasteiger charge is -2.22. The Morgan fingerprint density at radius 2 is 1.40 bits per heavy atom. The van der Waals surface area contributed by atoms with Gasteiger partial charge in [-0.05, 0) is 29.8 Å². The van der Waals surface area contributed by atoms with Gasteiger partial charge in [-0.1, -0.05) is 72.3 Å². The first-order chi connectivity index (χ1) is 14.6. The van der Waals surface area contributed by atoms with E-state index in [1.165, 1.54) is 0 Å². The van der Waals surface area contributed by atoms with Gasteiger partial charge in [0.1, 0.15) is 0 Å². The number of epoxide rings is 1. The summed E-state index contributed by atoms with van der Waals surface area (Å²) in [5.74, 6) is 5.13. The Hall–Kier alpha value is -3.19. The third-order valence-corrected chi connectivity index (χ3v) is 5.16. The van der Waals surface area contributed by atoms with Crippen LogP contribution < -0.4 is 15.8 Å². The molecule has 0 unspecified atom stereocenters. The monoisotopic (exact) mass is 421 g/mol. The van der Waals surface area contributed by atoms with Crippen molar-refractivity contribution in [3.05, 3.63) is 95.5 Å². The molecule has 1 aliphatic rings. The lowest BCUT2D eigenvalue weighted by atomic mass is 10.1. The summed E-state index contributed by atoms with van der Waals surface area (Å²) >= 11 is 6.12. The number of nitrogens with two attached hydrogens (primary N) is 1. The van der Waals surface area contributed by atoms with Gasteiger partial charge in [-0.15, -0.1) is 0 Å². The van der Waals surface area contributed by atoms with Crippen molar-refractivity contribution in [3.63, 3.8) is 0 Å². The van der Waals surface area contributed by atoms with E-state index in [0.29, 0.717) is 17.3 Å². The maximum Gasteiger partial charge on any atom is 0.273 e. The number of amides is 2. The highest BCUT2D eigenvalue weighted by molar-refractivity contribution is 6.33. The highest BCUT2D eigenvalue weighted by atomic mass is 35.5. The zero-order chi connectivity index (χ0) is 21.1. The van der Waals surface area contributed by atoms with Crippen LogP contribution in [0.4, 0.5) is 11.4 Å². The third-order valence-electron chi connectivity index (χ3n) is 4.85. The van der Waals surface area contributed by atoms with E-state index in [2.05, 4.69) is 0 Å². The van der Waals surface area contributed by atoms with Gasteiger partial charge in [0.05, 0.1) is 17.3 Å². The lowest BCUT2D eigenvalue weighted by Crippen LogP contribution is -2.43. The molecule has 2 amide bonds. The third kappa shape index (κ3) is 4.21. The minimum absolute atomic E-state index is 0.295. The average Bonchev–Trinajstić information content (AvgIpc) is 3.59. The summed E-state index contributed by atoms with van der Waals surface area (Å²) in [6.45, 7) is 0.362. The fourth-order valence-corrected chi connectivity index (χ4v) is 3.44. The zero-order valence-corrected chi connectivity index (χ0v) is 16.8. The van der Waals surface area contributed by atoms with Crippen LogP contribution in [-0.4, -0.2) is 24.0 Å². The number of hydrazine groups is 1.